The second kappa shape index (κ2) is 5.32. The zero-order valence-electron chi connectivity index (χ0n) is 13.2. The maximum Gasteiger partial charge on any atom is 0.242 e. The van der Waals surface area contributed by atoms with E-state index in [1.807, 2.05) is 0 Å². The fourth-order valence-electron chi connectivity index (χ4n) is 3.82. The highest BCUT2D eigenvalue weighted by Gasteiger charge is 2.50. The van der Waals surface area contributed by atoms with Crippen LogP contribution in [0.3, 0.4) is 0 Å². The van der Waals surface area contributed by atoms with E-state index in [1.165, 1.54) is 19.3 Å². The van der Waals surface area contributed by atoms with E-state index < -0.39 is 9.73 Å². The van der Waals surface area contributed by atoms with Crippen molar-refractivity contribution >= 4 is 15.6 Å². The van der Waals surface area contributed by atoms with Crippen LogP contribution in [0.2, 0.25) is 0 Å². The van der Waals surface area contributed by atoms with Gasteiger partial charge in [-0.15, -0.1) is 0 Å². The van der Waals surface area contributed by atoms with Crippen LogP contribution in [-0.2, 0) is 14.5 Å². The molecule has 1 N–H and O–H groups in total. The number of carbonyl (C=O) groups excluding carboxylic acids is 1. The van der Waals surface area contributed by atoms with Gasteiger partial charge in [-0.3, -0.25) is 9.00 Å². The number of carbonyl (C=O) groups is 1. The molecule has 116 valence electrons. The topological polar surface area (TPSA) is 58.5 Å². The van der Waals surface area contributed by atoms with Crippen LogP contribution in [0.1, 0.15) is 52.4 Å². The number of hydrogen-bond acceptors (Lipinski definition) is 3. The highest BCUT2D eigenvalue weighted by molar-refractivity contribution is 7.92. The van der Waals surface area contributed by atoms with E-state index in [9.17, 15) is 9.00 Å². The van der Waals surface area contributed by atoms with Gasteiger partial charge in [0.05, 0.1) is 0 Å². The van der Waals surface area contributed by atoms with Crippen LogP contribution >= 0.6 is 0 Å². The Labute approximate surface area is 123 Å². The summed E-state index contributed by atoms with van der Waals surface area (Å²) in [6, 6.07) is 0. The Morgan fingerprint density at radius 2 is 1.65 bits per heavy atom. The van der Waals surface area contributed by atoms with E-state index in [1.54, 1.807) is 12.5 Å². The molecule has 1 amide bonds. The van der Waals surface area contributed by atoms with E-state index in [-0.39, 0.29) is 18.0 Å². The zero-order valence-corrected chi connectivity index (χ0v) is 14.0. The summed E-state index contributed by atoms with van der Waals surface area (Å²) in [4.78, 5) is 12.0. The lowest BCUT2D eigenvalue weighted by Crippen LogP contribution is -2.58. The summed E-state index contributed by atoms with van der Waals surface area (Å²) in [6.07, 6.45) is 10.1. The molecule has 4 nitrogen and oxygen atoms in total. The molecule has 0 aromatic carbocycles. The lowest BCUT2D eigenvalue weighted by atomic mass is 9.53. The summed E-state index contributed by atoms with van der Waals surface area (Å²) in [6.45, 7) is 4.69. The first kappa shape index (κ1) is 15.8. The molecular formula is C15H28N2O2S. The van der Waals surface area contributed by atoms with Gasteiger partial charge in [0, 0.05) is 27.8 Å². The minimum atomic E-state index is -2.18. The van der Waals surface area contributed by atoms with E-state index in [2.05, 4.69) is 23.5 Å². The van der Waals surface area contributed by atoms with E-state index in [4.69, 9.17) is 0 Å². The predicted molar refractivity (Wildman–Crippen MR) is 83.1 cm³/mol. The summed E-state index contributed by atoms with van der Waals surface area (Å²) in [5, 5.41) is 3.19. The van der Waals surface area contributed by atoms with Gasteiger partial charge in [0.25, 0.3) is 0 Å². The molecule has 3 aliphatic carbocycles. The van der Waals surface area contributed by atoms with Crippen molar-refractivity contribution in [1.82, 2.24) is 5.32 Å². The minimum absolute atomic E-state index is 0.00833. The maximum atomic E-state index is 12.0. The number of fused-ring (bicyclic) bond motifs is 3. The smallest absolute Gasteiger partial charge is 0.242 e. The van der Waals surface area contributed by atoms with Crippen LogP contribution in [0.4, 0.5) is 0 Å². The second-order valence-electron chi connectivity index (χ2n) is 7.31. The molecular weight excluding hydrogens is 272 g/mol. The van der Waals surface area contributed by atoms with Crippen molar-refractivity contribution in [1.29, 1.82) is 0 Å². The number of amides is 1. The molecule has 3 fully saturated rings. The van der Waals surface area contributed by atoms with Gasteiger partial charge in [-0.1, -0.05) is 13.8 Å². The fraction of sp³-hybridized carbons (Fsp3) is 0.933. The fourth-order valence-corrected chi connectivity index (χ4v) is 4.25. The lowest BCUT2D eigenvalue weighted by molar-refractivity contribution is -0.124. The van der Waals surface area contributed by atoms with Crippen LogP contribution in [-0.4, -0.2) is 34.7 Å². The summed E-state index contributed by atoms with van der Waals surface area (Å²) in [7, 11) is -2.18. The molecule has 0 heterocycles. The summed E-state index contributed by atoms with van der Waals surface area (Å²) in [5.41, 5.74) is 0.504. The van der Waals surface area contributed by atoms with Crippen molar-refractivity contribution in [3.05, 3.63) is 0 Å². The maximum absolute atomic E-state index is 12.0. The molecule has 0 atom stereocenters. The van der Waals surface area contributed by atoms with E-state index >= 15 is 0 Å². The van der Waals surface area contributed by atoms with Crippen molar-refractivity contribution in [3.8, 4) is 0 Å². The molecule has 2 bridgehead atoms. The van der Waals surface area contributed by atoms with Crippen molar-refractivity contribution in [2.24, 2.45) is 15.7 Å². The minimum Gasteiger partial charge on any atom is -0.349 e. The summed E-state index contributed by atoms with van der Waals surface area (Å²) >= 11 is 0. The molecule has 3 aliphatic rings. The number of hydrogen-bond donors (Lipinski definition) is 1. The van der Waals surface area contributed by atoms with Crippen LogP contribution in [0.5, 0.6) is 0 Å². The number of rotatable bonds is 4. The Morgan fingerprint density at radius 3 is 2.05 bits per heavy atom. The van der Waals surface area contributed by atoms with Crippen molar-refractivity contribution in [3.63, 3.8) is 0 Å². The largest absolute Gasteiger partial charge is 0.349 e. The van der Waals surface area contributed by atoms with Gasteiger partial charge in [0.1, 0.15) is 6.54 Å². The van der Waals surface area contributed by atoms with Crippen molar-refractivity contribution in [2.45, 2.75) is 57.9 Å². The molecule has 20 heavy (non-hydrogen) atoms. The molecule has 5 heteroatoms. The first-order valence-electron chi connectivity index (χ1n) is 7.60. The van der Waals surface area contributed by atoms with Gasteiger partial charge >= 0.3 is 0 Å². The summed E-state index contributed by atoms with van der Waals surface area (Å²) in [5.74, 6) is 0.664. The molecule has 0 saturated heterocycles. The molecule has 0 spiro atoms. The molecule has 0 aromatic heterocycles. The Kier molecular flexibility index (Phi) is 4.20. The SMILES string of the molecule is CC(C)C12CCC(NC(=O)CN=S(C)(C)=O)(CC1)CC2. The van der Waals surface area contributed by atoms with Gasteiger partial charge in [-0.2, -0.15) is 0 Å². The number of nitrogens with one attached hydrogen (secondary N) is 1. The lowest BCUT2D eigenvalue weighted by Gasteiger charge is -2.55. The van der Waals surface area contributed by atoms with Gasteiger partial charge < -0.3 is 5.32 Å². The zero-order chi connectivity index (χ0) is 15.0. The predicted octanol–water partition coefficient (Wildman–Crippen LogP) is 2.58. The van der Waals surface area contributed by atoms with Crippen molar-refractivity contribution < 1.29 is 9.00 Å². The van der Waals surface area contributed by atoms with Gasteiger partial charge in [0.15, 0.2) is 0 Å². The van der Waals surface area contributed by atoms with Crippen LogP contribution in [0.15, 0.2) is 4.36 Å². The quantitative estimate of drug-likeness (QED) is 0.867. The molecule has 0 aromatic rings. The molecule has 3 saturated carbocycles. The molecule has 3 rings (SSSR count). The normalized spacial score (nSPS) is 33.2. The van der Waals surface area contributed by atoms with Gasteiger partial charge in [0.2, 0.25) is 5.91 Å². The second-order valence-corrected chi connectivity index (χ2v) is 9.93. The van der Waals surface area contributed by atoms with Gasteiger partial charge in [-0.25, -0.2) is 4.36 Å². The Bertz CT molecular complexity index is 471. The Hall–Kier alpha value is -0.580. The Morgan fingerprint density at radius 1 is 1.15 bits per heavy atom. The first-order valence-corrected chi connectivity index (χ1v) is 9.94. The third-order valence-corrected chi connectivity index (χ3v) is 6.20. The van der Waals surface area contributed by atoms with Crippen LogP contribution in [0, 0.1) is 11.3 Å². The average molecular weight is 300 g/mol. The highest BCUT2D eigenvalue weighted by atomic mass is 32.2. The van der Waals surface area contributed by atoms with Crippen LogP contribution in [0.25, 0.3) is 0 Å². The van der Waals surface area contributed by atoms with Crippen LogP contribution < -0.4 is 5.32 Å². The molecule has 0 radical (unpaired) electrons. The van der Waals surface area contributed by atoms with E-state index in [0.717, 1.165) is 25.2 Å². The van der Waals surface area contributed by atoms with Crippen molar-refractivity contribution in [2.75, 3.05) is 19.1 Å². The van der Waals surface area contributed by atoms with Gasteiger partial charge in [-0.05, 0) is 49.9 Å². The number of nitrogens with zero attached hydrogens (tertiary/aromatic N) is 1. The highest BCUT2D eigenvalue weighted by Crippen LogP contribution is 2.55. The standard InChI is InChI=1S/C15H28N2O2S/c1-12(2)14-5-8-15(9-6-14,10-7-14)17-13(18)11-16-20(3,4)19/h12H,5-11H2,1-4H3,(H,17,18). The Balaban J connectivity index is 1.96. The third-order valence-electron chi connectivity index (χ3n) is 5.45. The average Bonchev–Trinajstić information content (AvgIpc) is 2.37. The molecule has 0 aliphatic heterocycles. The molecule has 0 unspecified atom stereocenters. The summed E-state index contributed by atoms with van der Waals surface area (Å²) < 4.78 is 15.5. The first-order chi connectivity index (χ1) is 9.17. The van der Waals surface area contributed by atoms with E-state index in [0.29, 0.717) is 5.41 Å². The third kappa shape index (κ3) is 3.35. The monoisotopic (exact) mass is 300 g/mol.